The maximum absolute atomic E-state index is 12.1. The minimum absolute atomic E-state index is 0.241. The van der Waals surface area contributed by atoms with Crippen molar-refractivity contribution in [1.29, 1.82) is 0 Å². The summed E-state index contributed by atoms with van der Waals surface area (Å²) in [6.45, 7) is 6.33. The van der Waals surface area contributed by atoms with Gasteiger partial charge in [0.2, 0.25) is 0 Å². The van der Waals surface area contributed by atoms with Gasteiger partial charge in [0, 0.05) is 6.54 Å². The maximum atomic E-state index is 12.1. The van der Waals surface area contributed by atoms with E-state index in [4.69, 9.17) is 9.68 Å². The molecule has 2 amide bonds. The first-order valence-electron chi connectivity index (χ1n) is 6.90. The Morgan fingerprint density at radius 1 is 1.10 bits per heavy atom. The number of benzene rings is 1. The molecule has 0 unspecified atom stereocenters. The molecule has 0 radical (unpaired) electrons. The predicted octanol–water partition coefficient (Wildman–Crippen LogP) is 1.92. The van der Waals surface area contributed by atoms with Crippen molar-refractivity contribution in [3.8, 4) is 0 Å². The maximum Gasteiger partial charge on any atom is 0.261 e. The summed E-state index contributed by atoms with van der Waals surface area (Å²) in [6.07, 6.45) is 0.534. The molecule has 0 aromatic heterocycles. The standard InChI is InChI=1S/C15H20N2O4/c1-15(2,3)21-16-20-10-6-9-17-13(18)11-7-4-5-8-12(11)14(17)19/h4-5,7-8,16H,6,9-10H2,1-3H3. The topological polar surface area (TPSA) is 67.9 Å². The largest absolute Gasteiger partial charge is 0.277 e. The summed E-state index contributed by atoms with van der Waals surface area (Å²) in [5.74, 6) is -0.482. The molecule has 21 heavy (non-hydrogen) atoms. The van der Waals surface area contributed by atoms with Gasteiger partial charge in [-0.15, -0.1) is 0 Å². The van der Waals surface area contributed by atoms with Crippen molar-refractivity contribution < 1.29 is 19.3 Å². The van der Waals surface area contributed by atoms with E-state index in [2.05, 4.69) is 5.64 Å². The molecule has 1 aliphatic rings. The number of amides is 2. The molecular formula is C15H20N2O4. The number of hydrogen-bond acceptors (Lipinski definition) is 5. The van der Waals surface area contributed by atoms with Crippen LogP contribution in [-0.2, 0) is 9.68 Å². The highest BCUT2D eigenvalue weighted by Gasteiger charge is 2.34. The van der Waals surface area contributed by atoms with E-state index in [1.165, 1.54) is 4.90 Å². The lowest BCUT2D eigenvalue weighted by Crippen LogP contribution is -2.33. The van der Waals surface area contributed by atoms with E-state index in [9.17, 15) is 9.59 Å². The normalized spacial score (nSPS) is 14.7. The Morgan fingerprint density at radius 3 is 2.19 bits per heavy atom. The molecule has 2 rings (SSSR count). The molecule has 1 N–H and O–H groups in total. The van der Waals surface area contributed by atoms with Crippen molar-refractivity contribution >= 4 is 11.8 Å². The Bertz CT molecular complexity index is 502. The highest BCUT2D eigenvalue weighted by molar-refractivity contribution is 6.21. The van der Waals surface area contributed by atoms with Crippen molar-refractivity contribution in [3.63, 3.8) is 0 Å². The molecule has 0 saturated heterocycles. The van der Waals surface area contributed by atoms with Gasteiger partial charge in [-0.05, 0) is 39.3 Å². The number of hydrogen-bond donors (Lipinski definition) is 1. The van der Waals surface area contributed by atoms with Gasteiger partial charge in [0.05, 0.1) is 23.3 Å². The third kappa shape index (κ3) is 3.87. The molecule has 1 heterocycles. The number of fused-ring (bicyclic) bond motifs is 1. The van der Waals surface area contributed by atoms with E-state index in [1.807, 2.05) is 20.8 Å². The highest BCUT2D eigenvalue weighted by Crippen LogP contribution is 2.22. The van der Waals surface area contributed by atoms with Crippen LogP contribution in [0, 0.1) is 0 Å². The molecule has 1 aliphatic heterocycles. The SMILES string of the molecule is CC(C)(C)ONOCCCN1C(=O)c2ccccc2C1=O. The number of carbonyl (C=O) groups excluding carboxylic acids is 2. The van der Waals surface area contributed by atoms with Crippen LogP contribution in [0.25, 0.3) is 0 Å². The van der Waals surface area contributed by atoms with Crippen LogP contribution in [0.2, 0.25) is 0 Å². The van der Waals surface area contributed by atoms with Gasteiger partial charge in [-0.2, -0.15) is 0 Å². The van der Waals surface area contributed by atoms with Crippen LogP contribution in [0.3, 0.4) is 0 Å². The van der Waals surface area contributed by atoms with E-state index in [1.54, 1.807) is 24.3 Å². The first-order chi connectivity index (χ1) is 9.90. The quantitative estimate of drug-likeness (QED) is 0.493. The molecule has 1 aromatic rings. The summed E-state index contributed by atoms with van der Waals surface area (Å²) in [5.41, 5.74) is 3.00. The number of nitrogens with one attached hydrogen (secondary N) is 1. The van der Waals surface area contributed by atoms with Gasteiger partial charge in [-0.1, -0.05) is 17.8 Å². The minimum Gasteiger partial charge on any atom is -0.277 e. The second-order valence-corrected chi connectivity index (χ2v) is 5.81. The van der Waals surface area contributed by atoms with Gasteiger partial charge in [-0.25, -0.2) is 0 Å². The zero-order valence-electron chi connectivity index (χ0n) is 12.5. The van der Waals surface area contributed by atoms with Crippen LogP contribution >= 0.6 is 0 Å². The third-order valence-electron chi connectivity index (χ3n) is 2.91. The van der Waals surface area contributed by atoms with E-state index < -0.39 is 0 Å². The Balaban J connectivity index is 1.76. The predicted molar refractivity (Wildman–Crippen MR) is 76.4 cm³/mol. The van der Waals surface area contributed by atoms with E-state index in [0.717, 1.165) is 0 Å². The number of nitrogens with zero attached hydrogens (tertiary/aromatic N) is 1. The van der Waals surface area contributed by atoms with Crippen LogP contribution in [0.15, 0.2) is 24.3 Å². The summed E-state index contributed by atoms with van der Waals surface area (Å²) in [6, 6.07) is 6.85. The van der Waals surface area contributed by atoms with Crippen molar-refractivity contribution in [2.24, 2.45) is 0 Å². The van der Waals surface area contributed by atoms with Gasteiger partial charge >= 0.3 is 0 Å². The second-order valence-electron chi connectivity index (χ2n) is 5.81. The van der Waals surface area contributed by atoms with E-state index in [-0.39, 0.29) is 17.4 Å². The molecule has 0 atom stereocenters. The molecule has 0 aliphatic carbocycles. The summed E-state index contributed by atoms with van der Waals surface area (Å²) in [7, 11) is 0. The Hall–Kier alpha value is -1.76. The first-order valence-corrected chi connectivity index (χ1v) is 6.90. The summed E-state index contributed by atoms with van der Waals surface area (Å²) in [5, 5.41) is 0. The van der Waals surface area contributed by atoms with Gasteiger partial charge in [0.15, 0.2) is 0 Å². The van der Waals surface area contributed by atoms with Crippen molar-refractivity contribution in [3.05, 3.63) is 35.4 Å². The zero-order valence-corrected chi connectivity index (χ0v) is 12.5. The molecule has 0 bridgehead atoms. The van der Waals surface area contributed by atoms with Crippen molar-refractivity contribution in [1.82, 2.24) is 10.5 Å². The number of imide groups is 1. The van der Waals surface area contributed by atoms with Crippen LogP contribution in [0.4, 0.5) is 0 Å². The summed E-state index contributed by atoms with van der Waals surface area (Å²) < 4.78 is 0. The molecule has 0 fully saturated rings. The van der Waals surface area contributed by atoms with Crippen LogP contribution in [0.1, 0.15) is 47.9 Å². The van der Waals surface area contributed by atoms with E-state index in [0.29, 0.717) is 30.7 Å². The molecule has 6 heteroatoms. The Labute approximate surface area is 123 Å². The van der Waals surface area contributed by atoms with Gasteiger partial charge in [0.25, 0.3) is 11.8 Å². The average molecular weight is 292 g/mol. The molecule has 114 valence electrons. The molecule has 0 spiro atoms. The summed E-state index contributed by atoms with van der Waals surface area (Å²) >= 11 is 0. The van der Waals surface area contributed by atoms with Crippen LogP contribution in [0.5, 0.6) is 0 Å². The van der Waals surface area contributed by atoms with E-state index >= 15 is 0 Å². The fourth-order valence-corrected chi connectivity index (χ4v) is 1.93. The molecule has 6 nitrogen and oxygen atoms in total. The minimum atomic E-state index is -0.345. The van der Waals surface area contributed by atoms with Crippen LogP contribution in [-0.4, -0.2) is 35.5 Å². The van der Waals surface area contributed by atoms with Crippen molar-refractivity contribution in [2.45, 2.75) is 32.8 Å². The lowest BCUT2D eigenvalue weighted by molar-refractivity contribution is -0.222. The monoisotopic (exact) mass is 292 g/mol. The molecule has 1 aromatic carbocycles. The fraction of sp³-hybridized carbons (Fsp3) is 0.467. The van der Waals surface area contributed by atoms with Gasteiger partial charge < -0.3 is 0 Å². The second kappa shape index (κ2) is 6.34. The fourth-order valence-electron chi connectivity index (χ4n) is 1.93. The zero-order chi connectivity index (χ0) is 15.5. The smallest absolute Gasteiger partial charge is 0.261 e. The number of carbonyl (C=O) groups is 2. The highest BCUT2D eigenvalue weighted by atomic mass is 16.9. The van der Waals surface area contributed by atoms with Crippen LogP contribution < -0.4 is 5.64 Å². The summed E-state index contributed by atoms with van der Waals surface area (Å²) in [4.78, 5) is 35.7. The average Bonchev–Trinajstić information content (AvgIpc) is 2.66. The molecule has 0 saturated carbocycles. The first kappa shape index (κ1) is 15.6. The Morgan fingerprint density at radius 2 is 1.67 bits per heavy atom. The van der Waals surface area contributed by atoms with Gasteiger partial charge in [-0.3, -0.25) is 24.2 Å². The Kier molecular flexibility index (Phi) is 4.72. The molecular weight excluding hydrogens is 272 g/mol. The lowest BCUT2D eigenvalue weighted by atomic mass is 10.1. The van der Waals surface area contributed by atoms with Crippen molar-refractivity contribution in [2.75, 3.05) is 13.2 Å². The third-order valence-corrected chi connectivity index (χ3v) is 2.91. The number of rotatable bonds is 6. The van der Waals surface area contributed by atoms with Gasteiger partial charge in [0.1, 0.15) is 0 Å². The lowest BCUT2D eigenvalue weighted by Gasteiger charge is -2.19.